The minimum Gasteiger partial charge on any atom is -0.333 e. The van der Waals surface area contributed by atoms with E-state index in [1.807, 2.05) is 19.9 Å². The van der Waals surface area contributed by atoms with E-state index >= 15 is 0 Å². The van der Waals surface area contributed by atoms with Crippen molar-refractivity contribution in [2.75, 3.05) is 0 Å². The molecule has 1 N–H and O–H groups in total. The van der Waals surface area contributed by atoms with Crippen molar-refractivity contribution in [2.45, 2.75) is 20.3 Å². The zero-order valence-electron chi connectivity index (χ0n) is 5.27. The molecule has 1 amide bonds. The molecule has 0 aromatic carbocycles. The van der Waals surface area contributed by atoms with Gasteiger partial charge in [0.2, 0.25) is 6.41 Å². The molecule has 0 heterocycles. The maximum absolute atomic E-state index is 9.78. The summed E-state index contributed by atoms with van der Waals surface area (Å²) >= 11 is 0. The predicted octanol–water partition coefficient (Wildman–Crippen LogP) is 1.05. The van der Waals surface area contributed by atoms with Crippen molar-refractivity contribution in [3.8, 4) is 0 Å². The maximum atomic E-state index is 9.78. The van der Waals surface area contributed by atoms with Crippen LogP contribution in [-0.4, -0.2) is 6.41 Å². The number of hydrogen-bond acceptors (Lipinski definition) is 1. The Balaban J connectivity index is 3.53. The van der Waals surface area contributed by atoms with Gasteiger partial charge >= 0.3 is 0 Å². The molecule has 0 radical (unpaired) electrons. The monoisotopic (exact) mass is 113 g/mol. The van der Waals surface area contributed by atoms with Gasteiger partial charge in [0, 0.05) is 5.70 Å². The van der Waals surface area contributed by atoms with Crippen LogP contribution in [0.25, 0.3) is 0 Å². The fraction of sp³-hybridized carbons (Fsp3) is 0.500. The zero-order valence-corrected chi connectivity index (χ0v) is 5.27. The lowest BCUT2D eigenvalue weighted by Crippen LogP contribution is -2.08. The van der Waals surface area contributed by atoms with Crippen LogP contribution < -0.4 is 5.32 Å². The molecule has 0 saturated carbocycles. The molecule has 0 bridgehead atoms. The van der Waals surface area contributed by atoms with Gasteiger partial charge in [-0.3, -0.25) is 4.79 Å². The second-order valence-electron chi connectivity index (χ2n) is 1.43. The Morgan fingerprint density at radius 3 is 2.50 bits per heavy atom. The predicted molar refractivity (Wildman–Crippen MR) is 33.2 cm³/mol. The van der Waals surface area contributed by atoms with Crippen molar-refractivity contribution < 1.29 is 4.79 Å². The van der Waals surface area contributed by atoms with E-state index in [1.165, 1.54) is 0 Å². The van der Waals surface area contributed by atoms with E-state index in [-0.39, 0.29) is 0 Å². The van der Waals surface area contributed by atoms with Crippen LogP contribution in [0.5, 0.6) is 0 Å². The standard InChI is InChI=1S/C6H11NO/c1-3-6(4-2)7-5-8/h3,5H,4H2,1-2H3,(H,7,8)/b6-3+. The molecule has 0 aromatic heterocycles. The molecule has 0 saturated heterocycles. The van der Waals surface area contributed by atoms with Gasteiger partial charge in [-0.1, -0.05) is 13.0 Å². The molecule has 0 rings (SSSR count). The first kappa shape index (κ1) is 7.21. The number of carbonyl (C=O) groups excluding carboxylic acids is 1. The Bertz CT molecular complexity index is 96.7. The third kappa shape index (κ3) is 2.39. The van der Waals surface area contributed by atoms with Gasteiger partial charge in [0.15, 0.2) is 0 Å². The Kier molecular flexibility index (Phi) is 3.94. The van der Waals surface area contributed by atoms with Crippen molar-refractivity contribution in [3.63, 3.8) is 0 Å². The minimum atomic E-state index is 0.693. The van der Waals surface area contributed by atoms with Gasteiger partial charge in [0.1, 0.15) is 0 Å². The third-order valence-electron chi connectivity index (χ3n) is 0.974. The molecule has 0 aliphatic rings. The molecule has 0 unspecified atom stereocenters. The number of allylic oxidation sites excluding steroid dienone is 2. The van der Waals surface area contributed by atoms with Gasteiger partial charge in [0.25, 0.3) is 0 Å². The summed E-state index contributed by atoms with van der Waals surface area (Å²) in [6.45, 7) is 3.89. The highest BCUT2D eigenvalue weighted by atomic mass is 16.1. The third-order valence-corrected chi connectivity index (χ3v) is 0.974. The van der Waals surface area contributed by atoms with Crippen LogP contribution >= 0.6 is 0 Å². The van der Waals surface area contributed by atoms with E-state index in [0.717, 1.165) is 12.1 Å². The Labute approximate surface area is 49.6 Å². The minimum absolute atomic E-state index is 0.693. The highest BCUT2D eigenvalue weighted by molar-refractivity contribution is 5.49. The molecular weight excluding hydrogens is 102 g/mol. The van der Waals surface area contributed by atoms with Crippen molar-refractivity contribution in [1.29, 1.82) is 0 Å². The average Bonchev–Trinajstić information content (AvgIpc) is 1.83. The van der Waals surface area contributed by atoms with Gasteiger partial charge in [-0.05, 0) is 13.3 Å². The van der Waals surface area contributed by atoms with Gasteiger partial charge < -0.3 is 5.32 Å². The van der Waals surface area contributed by atoms with Crippen LogP contribution in [0.2, 0.25) is 0 Å². The number of amides is 1. The highest BCUT2D eigenvalue weighted by Crippen LogP contribution is 1.90. The summed E-state index contributed by atoms with van der Waals surface area (Å²) in [6, 6.07) is 0. The summed E-state index contributed by atoms with van der Waals surface area (Å²) in [5.41, 5.74) is 0.972. The van der Waals surface area contributed by atoms with Gasteiger partial charge in [0.05, 0.1) is 0 Å². The first-order valence-electron chi connectivity index (χ1n) is 2.70. The lowest BCUT2D eigenvalue weighted by atomic mass is 10.3. The summed E-state index contributed by atoms with van der Waals surface area (Å²) in [6.07, 6.45) is 3.46. The highest BCUT2D eigenvalue weighted by Gasteiger charge is 1.83. The van der Waals surface area contributed by atoms with E-state index in [9.17, 15) is 4.79 Å². The molecular formula is C6H11NO. The van der Waals surface area contributed by atoms with Gasteiger partial charge in [-0.25, -0.2) is 0 Å². The van der Waals surface area contributed by atoms with Crippen LogP contribution in [0.3, 0.4) is 0 Å². The lowest BCUT2D eigenvalue weighted by molar-refractivity contribution is -0.108. The fourth-order valence-electron chi connectivity index (χ4n) is 0.465. The molecule has 0 aromatic rings. The summed E-state index contributed by atoms with van der Waals surface area (Å²) in [7, 11) is 0. The fourth-order valence-corrected chi connectivity index (χ4v) is 0.465. The van der Waals surface area contributed by atoms with Crippen molar-refractivity contribution in [3.05, 3.63) is 11.8 Å². The zero-order chi connectivity index (χ0) is 6.41. The summed E-state index contributed by atoms with van der Waals surface area (Å²) in [5, 5.41) is 2.56. The molecule has 0 aliphatic heterocycles. The van der Waals surface area contributed by atoms with Crippen molar-refractivity contribution >= 4 is 6.41 Å². The molecule has 2 nitrogen and oxygen atoms in total. The van der Waals surface area contributed by atoms with Crippen LogP contribution in [0.4, 0.5) is 0 Å². The van der Waals surface area contributed by atoms with E-state index in [1.54, 1.807) is 0 Å². The second-order valence-corrected chi connectivity index (χ2v) is 1.43. The summed E-state index contributed by atoms with van der Waals surface area (Å²) in [4.78, 5) is 9.78. The maximum Gasteiger partial charge on any atom is 0.211 e. The largest absolute Gasteiger partial charge is 0.333 e. The average molecular weight is 113 g/mol. The Morgan fingerprint density at radius 2 is 2.38 bits per heavy atom. The molecule has 0 fully saturated rings. The number of hydrogen-bond donors (Lipinski definition) is 1. The second kappa shape index (κ2) is 4.37. The molecule has 0 atom stereocenters. The smallest absolute Gasteiger partial charge is 0.211 e. The SMILES string of the molecule is C/C=C(\CC)NC=O. The Morgan fingerprint density at radius 1 is 1.75 bits per heavy atom. The topological polar surface area (TPSA) is 29.1 Å². The molecule has 0 aliphatic carbocycles. The molecule has 46 valence electrons. The number of nitrogens with one attached hydrogen (secondary N) is 1. The van der Waals surface area contributed by atoms with Gasteiger partial charge in [-0.2, -0.15) is 0 Å². The van der Waals surface area contributed by atoms with E-state index < -0.39 is 0 Å². The van der Waals surface area contributed by atoms with Gasteiger partial charge in [-0.15, -0.1) is 0 Å². The Hall–Kier alpha value is -0.790. The summed E-state index contributed by atoms with van der Waals surface area (Å²) in [5.74, 6) is 0. The van der Waals surface area contributed by atoms with Crippen LogP contribution in [0.15, 0.2) is 11.8 Å². The number of carbonyl (C=O) groups is 1. The van der Waals surface area contributed by atoms with E-state index in [4.69, 9.17) is 0 Å². The van der Waals surface area contributed by atoms with Crippen LogP contribution in [-0.2, 0) is 4.79 Å². The number of rotatable bonds is 3. The normalized spacial score (nSPS) is 11.0. The molecule has 2 heteroatoms. The lowest BCUT2D eigenvalue weighted by Gasteiger charge is -1.96. The van der Waals surface area contributed by atoms with Crippen LogP contribution in [0, 0.1) is 0 Å². The van der Waals surface area contributed by atoms with Crippen LogP contribution in [0.1, 0.15) is 20.3 Å². The quantitative estimate of drug-likeness (QED) is 0.544. The van der Waals surface area contributed by atoms with E-state index in [0.29, 0.717) is 6.41 Å². The van der Waals surface area contributed by atoms with E-state index in [2.05, 4.69) is 5.32 Å². The molecule has 0 spiro atoms. The summed E-state index contributed by atoms with van der Waals surface area (Å²) < 4.78 is 0. The first-order chi connectivity index (χ1) is 3.85. The van der Waals surface area contributed by atoms with Crippen molar-refractivity contribution in [2.24, 2.45) is 0 Å². The first-order valence-corrected chi connectivity index (χ1v) is 2.70. The molecule has 8 heavy (non-hydrogen) atoms. The van der Waals surface area contributed by atoms with Crippen molar-refractivity contribution in [1.82, 2.24) is 5.32 Å².